The fraction of sp³-hybridized carbons (Fsp3) is 0.111. The van der Waals surface area contributed by atoms with Crippen molar-refractivity contribution < 1.29 is 55.4 Å². The van der Waals surface area contributed by atoms with Gasteiger partial charge in [-0.15, -0.1) is 33.7 Å². The van der Waals surface area contributed by atoms with Crippen molar-refractivity contribution in [2.75, 3.05) is 28.4 Å². The van der Waals surface area contributed by atoms with Crippen molar-refractivity contribution in [3.8, 4) is 46.6 Å². The Kier molecular flexibility index (Phi) is 14.7. The Morgan fingerprint density at radius 1 is 0.511 bits per heavy atom. The van der Waals surface area contributed by atoms with Gasteiger partial charge in [-0.2, -0.15) is 34.8 Å². The predicted molar refractivity (Wildman–Crippen MR) is 171 cm³/mol. The maximum atomic E-state index is 8.74. The molecule has 0 fully saturated rings. The molecule has 0 radical (unpaired) electrons. The second-order valence-electron chi connectivity index (χ2n) is 9.04. The molecule has 6 aromatic carbocycles. The van der Waals surface area contributed by atoms with Gasteiger partial charge in [0.15, 0.2) is 0 Å². The zero-order valence-electron chi connectivity index (χ0n) is 25.3. The van der Waals surface area contributed by atoms with Gasteiger partial charge in [0.05, 0.1) is 51.7 Å². The summed E-state index contributed by atoms with van der Waals surface area (Å²) in [6.07, 6.45) is 0. The Labute approximate surface area is 281 Å². The van der Waals surface area contributed by atoms with E-state index in [-0.39, 0.29) is 37.7 Å². The van der Waals surface area contributed by atoms with Gasteiger partial charge in [0.1, 0.15) is 34.5 Å². The third-order valence-corrected chi connectivity index (χ3v) is 6.27. The molecule has 0 amide bonds. The molecule has 0 atom stereocenters. The molecule has 226 valence electrons. The van der Waals surface area contributed by atoms with Crippen molar-refractivity contribution in [3.05, 3.63) is 120 Å². The molecule has 6 rings (SSSR count). The van der Waals surface area contributed by atoms with Gasteiger partial charge in [-0.3, -0.25) is 0 Å². The Morgan fingerprint density at radius 3 is 1.11 bits per heavy atom. The third kappa shape index (κ3) is 10.5. The Hall–Kier alpha value is -5.24. The van der Waals surface area contributed by atoms with Crippen LogP contribution in [0.3, 0.4) is 0 Å². The van der Waals surface area contributed by atoms with Crippen LogP contribution in [0.2, 0.25) is 0 Å². The van der Waals surface area contributed by atoms with Crippen LogP contribution in [0.25, 0.3) is 21.5 Å². The molecule has 0 aromatic heterocycles. The molecule has 0 heterocycles. The minimum Gasteiger partial charge on any atom is -0.508 e. The van der Waals surface area contributed by atoms with E-state index in [1.165, 1.54) is 45.8 Å². The average Bonchev–Trinajstić information content (AvgIpc) is 3.73. The van der Waals surface area contributed by atoms with Crippen LogP contribution in [0, 0.1) is 22.7 Å². The molecular weight excluding hydrogens is 648 g/mol. The predicted octanol–water partition coefficient (Wildman–Crippen LogP) is 7.68. The molecule has 0 saturated heterocycles. The van der Waals surface area contributed by atoms with Crippen LogP contribution in [0.4, 0.5) is 0 Å². The van der Waals surface area contributed by atoms with E-state index in [4.69, 9.17) is 39.7 Å². The number of hydrogen-bond donors (Lipinski definition) is 2. The van der Waals surface area contributed by atoms with Gasteiger partial charge in [0, 0.05) is 0 Å². The zero-order valence-corrected chi connectivity index (χ0v) is 27.8. The van der Waals surface area contributed by atoms with Crippen LogP contribution in [0.1, 0.15) is 11.1 Å². The van der Waals surface area contributed by atoms with Crippen LogP contribution in [-0.2, 0) is 26.2 Å². The van der Waals surface area contributed by atoms with Crippen molar-refractivity contribution in [2.24, 2.45) is 0 Å². The molecule has 45 heavy (non-hydrogen) atoms. The smallest absolute Gasteiger partial charge is 0.508 e. The summed E-state index contributed by atoms with van der Waals surface area (Å²) < 4.78 is 20.8. The summed E-state index contributed by atoms with van der Waals surface area (Å²) in [4.78, 5) is 0. The third-order valence-electron chi connectivity index (χ3n) is 6.27. The summed E-state index contributed by atoms with van der Waals surface area (Å²) in [5.41, 5.74) is 1.13. The summed E-state index contributed by atoms with van der Waals surface area (Å²) in [6.45, 7) is 0. The fourth-order valence-corrected chi connectivity index (χ4v) is 3.98. The minimum absolute atomic E-state index is 0. The van der Waals surface area contributed by atoms with E-state index in [2.05, 4.69) is 24.3 Å². The van der Waals surface area contributed by atoms with Gasteiger partial charge in [-0.1, -0.05) is 24.3 Å². The van der Waals surface area contributed by atoms with E-state index in [1.807, 2.05) is 48.5 Å². The molecule has 6 aromatic rings. The molecule has 9 heteroatoms. The number of phenols is 2. The van der Waals surface area contributed by atoms with E-state index in [0.29, 0.717) is 11.1 Å². The Balaban J connectivity index is 0.000000211. The van der Waals surface area contributed by atoms with Gasteiger partial charge in [0.2, 0.25) is 0 Å². The molecule has 0 spiro atoms. The number of ether oxygens (including phenoxy) is 4. The fourth-order valence-electron chi connectivity index (χ4n) is 3.98. The molecule has 0 aliphatic rings. The molecule has 0 bridgehead atoms. The zero-order chi connectivity index (χ0) is 31.9. The van der Waals surface area contributed by atoms with E-state index in [9.17, 15) is 0 Å². The van der Waals surface area contributed by atoms with E-state index < -0.39 is 0 Å². The second kappa shape index (κ2) is 18.4. The Bertz CT molecular complexity index is 1630. The maximum Gasteiger partial charge on any atom is 2.00 e. The number of benzene rings is 4. The first-order valence-electron chi connectivity index (χ1n) is 13.3. The molecule has 2 N–H and O–H groups in total. The van der Waals surface area contributed by atoms with Crippen molar-refractivity contribution in [1.82, 2.24) is 0 Å². The standard InChI is InChI=1S/2C11H11O2.2C7H5NO.Zr/c2*1-12-10-6-8-4-3-5-9(8)7-11(10)13-2;2*8-5-6-1-3-7(9)4-2-6;/h2*3-7H,1-2H3;2*1-4,9H;/q2*-1;;;+2. The van der Waals surface area contributed by atoms with Gasteiger partial charge in [0.25, 0.3) is 0 Å². The normalized spacial score (nSPS) is 9.29. The number of phenolic OH excluding ortho intramolecular Hbond substituents is 2. The second-order valence-corrected chi connectivity index (χ2v) is 9.04. The summed E-state index contributed by atoms with van der Waals surface area (Å²) in [6, 6.07) is 36.3. The van der Waals surface area contributed by atoms with Crippen molar-refractivity contribution in [3.63, 3.8) is 0 Å². The SMILES string of the molecule is COc1cc2cc[cH-]c2cc1OC.COc1cc2cc[cH-]c2cc1OC.N#Cc1ccc(O)cc1.N#Cc1ccc(O)cc1.[Zr+2]. The van der Waals surface area contributed by atoms with Crippen LogP contribution in [0.15, 0.2) is 109 Å². The number of hydrogen-bond acceptors (Lipinski definition) is 8. The number of fused-ring (bicyclic) bond motifs is 2. The van der Waals surface area contributed by atoms with E-state index >= 15 is 0 Å². The largest absolute Gasteiger partial charge is 2.00 e. The molecule has 0 saturated carbocycles. The van der Waals surface area contributed by atoms with Gasteiger partial charge < -0.3 is 29.2 Å². The van der Waals surface area contributed by atoms with Crippen molar-refractivity contribution >= 4 is 21.5 Å². The Morgan fingerprint density at radius 2 is 0.822 bits per heavy atom. The maximum absolute atomic E-state index is 8.74. The first kappa shape index (κ1) is 36.0. The van der Waals surface area contributed by atoms with Crippen molar-refractivity contribution in [1.29, 1.82) is 10.5 Å². The van der Waals surface area contributed by atoms with Crippen LogP contribution >= 0.6 is 0 Å². The number of nitriles is 2. The quantitative estimate of drug-likeness (QED) is 0.182. The summed E-state index contributed by atoms with van der Waals surface area (Å²) in [7, 11) is 6.58. The first-order chi connectivity index (χ1) is 21.3. The topological polar surface area (TPSA) is 125 Å². The number of nitrogens with zero attached hydrogens (tertiary/aromatic N) is 2. The molecule has 0 aliphatic heterocycles. The van der Waals surface area contributed by atoms with E-state index in [0.717, 1.165) is 23.0 Å². The minimum atomic E-state index is 0. The van der Waals surface area contributed by atoms with Crippen LogP contribution < -0.4 is 18.9 Å². The summed E-state index contributed by atoms with van der Waals surface area (Å²) >= 11 is 0. The summed E-state index contributed by atoms with van der Waals surface area (Å²) in [5, 5.41) is 38.8. The molecule has 0 aliphatic carbocycles. The number of rotatable bonds is 4. The van der Waals surface area contributed by atoms with Crippen molar-refractivity contribution in [2.45, 2.75) is 0 Å². The molecule has 0 unspecified atom stereocenters. The van der Waals surface area contributed by atoms with Crippen LogP contribution in [-0.4, -0.2) is 38.7 Å². The van der Waals surface area contributed by atoms with Gasteiger partial charge >= 0.3 is 26.2 Å². The summed E-state index contributed by atoms with van der Waals surface area (Å²) in [5.74, 6) is 3.49. The molecule has 8 nitrogen and oxygen atoms in total. The van der Waals surface area contributed by atoms with Gasteiger partial charge in [-0.25, -0.2) is 0 Å². The first-order valence-corrected chi connectivity index (χ1v) is 13.3. The van der Waals surface area contributed by atoms with E-state index in [1.54, 1.807) is 52.7 Å². The number of aromatic hydroxyl groups is 2. The monoisotopic (exact) mass is 678 g/mol. The molecular formula is C36H32N2O6Zr. The number of methoxy groups -OCH3 is 4. The van der Waals surface area contributed by atoms with Gasteiger partial charge in [-0.05, 0) is 48.5 Å². The average molecular weight is 680 g/mol. The van der Waals surface area contributed by atoms with Crippen LogP contribution in [0.5, 0.6) is 34.5 Å².